The van der Waals surface area contributed by atoms with Crippen molar-refractivity contribution in [3.05, 3.63) is 107 Å². The number of amides is 1. The Morgan fingerprint density at radius 1 is 0.970 bits per heavy atom. The van der Waals surface area contributed by atoms with E-state index in [-0.39, 0.29) is 17.6 Å². The highest BCUT2D eigenvalue weighted by Crippen LogP contribution is 2.47. The Labute approximate surface area is 192 Å². The average molecular weight is 441 g/mol. The van der Waals surface area contributed by atoms with Crippen molar-refractivity contribution in [3.8, 4) is 0 Å². The van der Waals surface area contributed by atoms with E-state index in [0.717, 1.165) is 16.9 Å². The summed E-state index contributed by atoms with van der Waals surface area (Å²) in [4.78, 5) is 28.3. The minimum atomic E-state index is -0.698. The zero-order valence-electron chi connectivity index (χ0n) is 18.6. The van der Waals surface area contributed by atoms with E-state index in [9.17, 15) is 14.0 Å². The summed E-state index contributed by atoms with van der Waals surface area (Å²) in [5.74, 6) is -0.596. The van der Waals surface area contributed by atoms with E-state index < -0.39 is 11.9 Å². The lowest BCUT2D eigenvalue weighted by atomic mass is 9.78. The maximum atomic E-state index is 14.3. The summed E-state index contributed by atoms with van der Waals surface area (Å²) < 4.78 is 14.3. The van der Waals surface area contributed by atoms with Gasteiger partial charge in [0.2, 0.25) is 5.91 Å². The lowest BCUT2D eigenvalue weighted by molar-refractivity contribution is -0.117. The molecule has 0 unspecified atom stereocenters. The van der Waals surface area contributed by atoms with Crippen LogP contribution >= 0.6 is 0 Å². The second kappa shape index (κ2) is 8.32. The third-order valence-electron chi connectivity index (χ3n) is 6.54. The summed E-state index contributed by atoms with van der Waals surface area (Å²) in [7, 11) is 0. The third-order valence-corrected chi connectivity index (χ3v) is 6.54. The van der Waals surface area contributed by atoms with Crippen LogP contribution in [0, 0.1) is 12.7 Å². The van der Waals surface area contributed by atoms with Gasteiger partial charge in [0, 0.05) is 24.6 Å². The molecule has 0 fully saturated rings. The van der Waals surface area contributed by atoms with E-state index in [1.807, 2.05) is 31.2 Å². The number of nitrogens with zero attached hydrogens (tertiary/aromatic N) is 1. The largest absolute Gasteiger partial charge is 0.357 e. The molecule has 2 atom stereocenters. The van der Waals surface area contributed by atoms with Gasteiger partial charge in [0.25, 0.3) is 0 Å². The van der Waals surface area contributed by atoms with E-state index in [1.54, 1.807) is 17.0 Å². The molecule has 0 bridgehead atoms. The molecular formula is C28H25FN2O2. The minimum absolute atomic E-state index is 0.0253. The summed E-state index contributed by atoms with van der Waals surface area (Å²) in [5, 5.41) is 3.47. The van der Waals surface area contributed by atoms with Gasteiger partial charge in [-0.1, -0.05) is 54.1 Å². The first-order chi connectivity index (χ1) is 15.9. The molecule has 1 N–H and O–H groups in total. The highest BCUT2D eigenvalue weighted by molar-refractivity contribution is 6.06. The van der Waals surface area contributed by atoms with Crippen LogP contribution < -0.4 is 10.2 Å². The Balaban J connectivity index is 1.70. The number of fused-ring (bicyclic) bond motifs is 1. The van der Waals surface area contributed by atoms with Gasteiger partial charge in [-0.25, -0.2) is 4.39 Å². The van der Waals surface area contributed by atoms with Crippen molar-refractivity contribution in [3.63, 3.8) is 0 Å². The number of aryl methyl sites for hydroxylation is 1. The van der Waals surface area contributed by atoms with Crippen molar-refractivity contribution in [2.45, 2.75) is 38.6 Å². The molecule has 5 heteroatoms. The Bertz CT molecular complexity index is 1280. The Kier molecular flexibility index (Phi) is 5.33. The molecule has 3 aromatic rings. The van der Waals surface area contributed by atoms with Crippen LogP contribution in [-0.4, -0.2) is 11.7 Å². The SMILES string of the molecule is CC(=O)N1c2ccccc2NC2=C(C(=O)C[C@@H](c3ccc(C)cc3)C2)[C@@H]1c1cccc(F)c1. The fourth-order valence-electron chi connectivity index (χ4n) is 5.00. The standard InChI is InChI=1S/C28H25FN2O2/c1-17-10-12-19(13-11-17)21-15-24-27(26(33)16-21)28(20-6-5-7-22(29)14-20)31(18(2)32)25-9-4-3-8-23(25)30-24/h3-14,21,28,30H,15-16H2,1-2H3/t21-,28-/m0/s1. The van der Waals surface area contributed by atoms with Crippen molar-refractivity contribution in [2.24, 2.45) is 0 Å². The molecule has 0 aromatic heterocycles. The predicted octanol–water partition coefficient (Wildman–Crippen LogP) is 6.05. The Hall–Kier alpha value is -3.73. The smallest absolute Gasteiger partial charge is 0.224 e. The first-order valence-corrected chi connectivity index (χ1v) is 11.2. The molecule has 0 saturated carbocycles. The number of benzene rings is 3. The molecule has 0 radical (unpaired) electrons. The molecule has 2 aliphatic rings. The molecular weight excluding hydrogens is 415 g/mol. The van der Waals surface area contributed by atoms with Gasteiger partial charge in [0.1, 0.15) is 5.82 Å². The molecule has 1 heterocycles. The number of carbonyl (C=O) groups is 2. The van der Waals surface area contributed by atoms with Gasteiger partial charge in [-0.3, -0.25) is 14.5 Å². The number of nitrogens with one attached hydrogen (secondary N) is 1. The van der Waals surface area contributed by atoms with E-state index >= 15 is 0 Å². The molecule has 0 saturated heterocycles. The van der Waals surface area contributed by atoms with E-state index in [4.69, 9.17) is 0 Å². The van der Waals surface area contributed by atoms with Crippen molar-refractivity contribution in [1.29, 1.82) is 0 Å². The molecule has 5 rings (SSSR count). The van der Waals surface area contributed by atoms with E-state index in [0.29, 0.717) is 29.7 Å². The lowest BCUT2D eigenvalue weighted by Gasteiger charge is -2.34. The number of ketones is 1. The van der Waals surface area contributed by atoms with Crippen LogP contribution in [0.5, 0.6) is 0 Å². The first-order valence-electron chi connectivity index (χ1n) is 11.2. The monoisotopic (exact) mass is 440 g/mol. The van der Waals surface area contributed by atoms with Gasteiger partial charge in [-0.2, -0.15) is 0 Å². The van der Waals surface area contributed by atoms with Crippen LogP contribution in [0.4, 0.5) is 15.8 Å². The highest BCUT2D eigenvalue weighted by atomic mass is 19.1. The molecule has 0 spiro atoms. The van der Waals surface area contributed by atoms with Crippen LogP contribution in [0.15, 0.2) is 84.1 Å². The van der Waals surface area contributed by atoms with Gasteiger partial charge in [0.05, 0.1) is 17.4 Å². The van der Waals surface area contributed by atoms with Gasteiger partial charge < -0.3 is 5.32 Å². The Morgan fingerprint density at radius 2 is 1.73 bits per heavy atom. The number of allylic oxidation sites excluding steroid dienone is 1. The van der Waals surface area contributed by atoms with E-state index in [2.05, 4.69) is 29.6 Å². The van der Waals surface area contributed by atoms with E-state index in [1.165, 1.54) is 24.6 Å². The number of para-hydroxylation sites is 2. The Morgan fingerprint density at radius 3 is 2.45 bits per heavy atom. The molecule has 4 nitrogen and oxygen atoms in total. The third kappa shape index (κ3) is 3.84. The maximum absolute atomic E-state index is 14.3. The quantitative estimate of drug-likeness (QED) is 0.527. The van der Waals surface area contributed by atoms with Crippen molar-refractivity contribution >= 4 is 23.1 Å². The zero-order valence-corrected chi connectivity index (χ0v) is 18.6. The van der Waals surface area contributed by atoms with Crippen LogP contribution in [0.25, 0.3) is 0 Å². The predicted molar refractivity (Wildman–Crippen MR) is 128 cm³/mol. The maximum Gasteiger partial charge on any atom is 0.224 e. The lowest BCUT2D eigenvalue weighted by Crippen LogP contribution is -2.37. The molecule has 166 valence electrons. The number of carbonyl (C=O) groups excluding carboxylic acids is 2. The average Bonchev–Trinajstić information content (AvgIpc) is 2.94. The molecule has 1 aliphatic carbocycles. The fraction of sp³-hybridized carbons (Fsp3) is 0.214. The zero-order chi connectivity index (χ0) is 23.1. The highest BCUT2D eigenvalue weighted by Gasteiger charge is 2.40. The number of rotatable bonds is 2. The normalized spacial score (nSPS) is 20.0. The van der Waals surface area contributed by atoms with Gasteiger partial charge in [0.15, 0.2) is 5.78 Å². The van der Waals surface area contributed by atoms with Crippen molar-refractivity contribution in [1.82, 2.24) is 0 Å². The van der Waals surface area contributed by atoms with Gasteiger partial charge >= 0.3 is 0 Å². The topological polar surface area (TPSA) is 49.4 Å². The summed E-state index contributed by atoms with van der Waals surface area (Å²) in [6, 6.07) is 21.3. The fourth-order valence-corrected chi connectivity index (χ4v) is 5.00. The summed E-state index contributed by atoms with van der Waals surface area (Å²) in [5.41, 5.74) is 5.64. The molecule has 3 aromatic carbocycles. The second-order valence-corrected chi connectivity index (χ2v) is 8.82. The molecule has 1 aliphatic heterocycles. The number of hydrogen-bond acceptors (Lipinski definition) is 3. The van der Waals surface area contributed by atoms with Crippen LogP contribution in [0.2, 0.25) is 0 Å². The minimum Gasteiger partial charge on any atom is -0.357 e. The first kappa shape index (κ1) is 21.1. The number of halogens is 1. The van der Waals surface area contributed by atoms with Crippen LogP contribution in [0.3, 0.4) is 0 Å². The number of anilines is 2. The summed E-state index contributed by atoms with van der Waals surface area (Å²) >= 11 is 0. The van der Waals surface area contributed by atoms with Crippen molar-refractivity contribution in [2.75, 3.05) is 10.2 Å². The number of hydrogen-bond donors (Lipinski definition) is 1. The second-order valence-electron chi connectivity index (χ2n) is 8.82. The number of Topliss-reactive ketones (excluding diaryl/α,β-unsaturated/α-hetero) is 1. The van der Waals surface area contributed by atoms with Crippen LogP contribution in [-0.2, 0) is 9.59 Å². The van der Waals surface area contributed by atoms with Gasteiger partial charge in [-0.15, -0.1) is 0 Å². The summed E-state index contributed by atoms with van der Waals surface area (Å²) in [6.45, 7) is 3.52. The molecule has 33 heavy (non-hydrogen) atoms. The van der Waals surface area contributed by atoms with Crippen LogP contribution in [0.1, 0.15) is 48.4 Å². The molecule has 1 amide bonds. The van der Waals surface area contributed by atoms with Gasteiger partial charge in [-0.05, 0) is 54.7 Å². The summed E-state index contributed by atoms with van der Waals surface area (Å²) in [6.07, 6.45) is 0.980. The van der Waals surface area contributed by atoms with Crippen molar-refractivity contribution < 1.29 is 14.0 Å².